The molecule has 2 aliphatic rings. The van der Waals surface area contributed by atoms with Crippen LogP contribution >= 0.6 is 34.9 Å². The molecule has 0 radical (unpaired) electrons. The molecule has 0 saturated carbocycles. The highest BCUT2D eigenvalue weighted by atomic mass is 32.2. The number of carbonyl (C=O) groups excluding carboxylic acids is 4. The Bertz CT molecular complexity index is 1760. The van der Waals surface area contributed by atoms with Crippen LogP contribution in [0, 0.1) is 6.92 Å². The second-order valence-corrected chi connectivity index (χ2v) is 14.3. The van der Waals surface area contributed by atoms with Crippen LogP contribution in [0.2, 0.25) is 0 Å². The fraction of sp³-hybridized carbons (Fsp3) is 0.206. The van der Waals surface area contributed by atoms with Gasteiger partial charge in [0.2, 0.25) is 11.8 Å². The smallest absolute Gasteiger partial charge is 0.356 e. The Morgan fingerprint density at radius 2 is 1.59 bits per heavy atom. The molecule has 12 heteroatoms. The Hall–Kier alpha value is -4.39. The zero-order valence-corrected chi connectivity index (χ0v) is 27.2. The normalized spacial score (nSPS) is 17.3. The number of carbonyl (C=O) groups is 4. The molecule has 1 saturated heterocycles. The summed E-state index contributed by atoms with van der Waals surface area (Å²) in [5, 5.41) is 2.40. The third-order valence-electron chi connectivity index (χ3n) is 7.50. The van der Waals surface area contributed by atoms with Crippen LogP contribution in [-0.2, 0) is 36.8 Å². The number of hydrogen-bond donors (Lipinski definition) is 2. The molecule has 2 aliphatic heterocycles. The van der Waals surface area contributed by atoms with Gasteiger partial charge in [-0.25, -0.2) is 9.78 Å². The Morgan fingerprint density at radius 3 is 2.20 bits per heavy atom. The van der Waals surface area contributed by atoms with E-state index in [1.54, 1.807) is 6.92 Å². The lowest BCUT2D eigenvalue weighted by molar-refractivity contribution is -0.154. The predicted molar refractivity (Wildman–Crippen MR) is 179 cm³/mol. The van der Waals surface area contributed by atoms with Gasteiger partial charge in [0.05, 0.1) is 18.5 Å². The number of nitrogens with one attached hydrogen (secondary N) is 1. The molecule has 0 spiro atoms. The SMILES string of the molecule is Cc1nc(SC2=C(C(=O)OC(c3ccccc3)c3ccccc3)N3C(=O)[C@@H](NC(=O)Cc4ccccc4)[C@H]3SC2)sc1CC(N)=O. The lowest BCUT2D eigenvalue weighted by Crippen LogP contribution is -2.70. The van der Waals surface area contributed by atoms with E-state index < -0.39 is 29.4 Å². The first-order chi connectivity index (χ1) is 22.3. The number of thioether (sulfide) groups is 2. The summed E-state index contributed by atoms with van der Waals surface area (Å²) in [6.45, 7) is 1.81. The minimum absolute atomic E-state index is 0.0691. The van der Waals surface area contributed by atoms with Crippen molar-refractivity contribution >= 4 is 58.6 Å². The van der Waals surface area contributed by atoms with Crippen molar-refractivity contribution in [3.05, 3.63) is 129 Å². The zero-order chi connectivity index (χ0) is 32.2. The number of nitrogens with two attached hydrogens (primary N) is 1. The van der Waals surface area contributed by atoms with Crippen LogP contribution < -0.4 is 11.1 Å². The molecule has 9 nitrogen and oxygen atoms in total. The van der Waals surface area contributed by atoms with Crippen molar-refractivity contribution in [1.29, 1.82) is 0 Å². The van der Waals surface area contributed by atoms with Gasteiger partial charge in [-0.15, -0.1) is 23.1 Å². The van der Waals surface area contributed by atoms with E-state index in [0.29, 0.717) is 20.7 Å². The van der Waals surface area contributed by atoms with Gasteiger partial charge in [0, 0.05) is 15.5 Å². The van der Waals surface area contributed by atoms with E-state index in [-0.39, 0.29) is 30.4 Å². The first-order valence-corrected chi connectivity index (χ1v) is 17.2. The minimum atomic E-state index is -0.779. The highest BCUT2D eigenvalue weighted by Gasteiger charge is 2.55. The number of aryl methyl sites for hydroxylation is 1. The second-order valence-electron chi connectivity index (χ2n) is 10.7. The summed E-state index contributed by atoms with van der Waals surface area (Å²) >= 11 is 4.06. The number of thiazole rings is 1. The number of hydrogen-bond acceptors (Lipinski definition) is 9. The van der Waals surface area contributed by atoms with E-state index >= 15 is 0 Å². The van der Waals surface area contributed by atoms with Crippen molar-refractivity contribution in [2.24, 2.45) is 5.73 Å². The molecule has 234 valence electrons. The first-order valence-electron chi connectivity index (χ1n) is 14.5. The highest BCUT2D eigenvalue weighted by molar-refractivity contribution is 8.07. The van der Waals surface area contributed by atoms with E-state index in [0.717, 1.165) is 21.6 Å². The lowest BCUT2D eigenvalue weighted by atomic mass is 10.0. The molecule has 0 bridgehead atoms. The van der Waals surface area contributed by atoms with Gasteiger partial charge in [-0.05, 0) is 23.6 Å². The maximum atomic E-state index is 14.2. The molecular weight excluding hydrogens is 641 g/mol. The van der Waals surface area contributed by atoms with E-state index in [4.69, 9.17) is 10.5 Å². The topological polar surface area (TPSA) is 132 Å². The lowest BCUT2D eigenvalue weighted by Gasteiger charge is -2.49. The third kappa shape index (κ3) is 6.88. The molecule has 46 heavy (non-hydrogen) atoms. The minimum Gasteiger partial charge on any atom is -0.448 e. The third-order valence-corrected chi connectivity index (χ3v) is 11.3. The van der Waals surface area contributed by atoms with Gasteiger partial charge >= 0.3 is 5.97 Å². The van der Waals surface area contributed by atoms with E-state index in [9.17, 15) is 19.2 Å². The monoisotopic (exact) mass is 670 g/mol. The van der Waals surface area contributed by atoms with E-state index in [1.165, 1.54) is 39.8 Å². The Kier molecular flexibility index (Phi) is 9.57. The summed E-state index contributed by atoms with van der Waals surface area (Å²) in [7, 11) is 0. The molecule has 3 aromatic carbocycles. The van der Waals surface area contributed by atoms with E-state index in [2.05, 4.69) is 10.3 Å². The van der Waals surface area contributed by atoms with Crippen LogP contribution in [0.1, 0.15) is 33.4 Å². The van der Waals surface area contributed by atoms with Gasteiger partial charge in [-0.2, -0.15) is 0 Å². The molecule has 1 aromatic heterocycles. The number of nitrogens with zero attached hydrogens (tertiary/aromatic N) is 2. The molecule has 3 amide bonds. The summed E-state index contributed by atoms with van der Waals surface area (Å²) in [6, 6.07) is 27.4. The average molecular weight is 671 g/mol. The fourth-order valence-electron chi connectivity index (χ4n) is 5.28. The number of aromatic nitrogens is 1. The standard InChI is InChI=1S/C34H30N4O5S3/c1-20-24(18-26(35)39)45-34(36-20)46-25-19-44-32-28(37-27(40)17-21-11-5-2-6-12-21)31(41)38(32)29(25)33(42)43-30(22-13-7-3-8-14-22)23-15-9-4-10-16-23/h2-16,28,30,32H,17-19H2,1H3,(H2,35,39)(H,37,40)/t28-,32-/m1/s1. The van der Waals surface area contributed by atoms with Crippen LogP contribution in [0.3, 0.4) is 0 Å². The molecular formula is C34H30N4O5S3. The number of β-lactam (4-membered cyclic amide) rings is 1. The second kappa shape index (κ2) is 13.9. The molecule has 2 atom stereocenters. The highest BCUT2D eigenvalue weighted by Crippen LogP contribution is 2.47. The Labute approximate surface area is 278 Å². The first kappa shape index (κ1) is 31.6. The van der Waals surface area contributed by atoms with Crippen molar-refractivity contribution < 1.29 is 23.9 Å². The van der Waals surface area contributed by atoms with Crippen molar-refractivity contribution in [1.82, 2.24) is 15.2 Å². The average Bonchev–Trinajstić information content (AvgIpc) is 3.40. The number of primary amides is 1. The summed E-state index contributed by atoms with van der Waals surface area (Å²) in [5.74, 6) is -1.38. The van der Waals surface area contributed by atoms with Gasteiger partial charge in [-0.3, -0.25) is 19.3 Å². The molecule has 0 aliphatic carbocycles. The maximum Gasteiger partial charge on any atom is 0.356 e. The van der Waals surface area contributed by atoms with Gasteiger partial charge in [0.1, 0.15) is 17.1 Å². The molecule has 0 unspecified atom stereocenters. The van der Waals surface area contributed by atoms with Crippen molar-refractivity contribution in [3.63, 3.8) is 0 Å². The Balaban J connectivity index is 1.30. The number of ether oxygens (including phenoxy) is 1. The van der Waals surface area contributed by atoms with Gasteiger partial charge < -0.3 is 15.8 Å². The largest absolute Gasteiger partial charge is 0.448 e. The van der Waals surface area contributed by atoms with E-state index in [1.807, 2.05) is 91.0 Å². The molecule has 6 rings (SSSR count). The summed E-state index contributed by atoms with van der Waals surface area (Å²) in [6.07, 6.45) is -0.510. The number of amides is 3. The molecule has 1 fully saturated rings. The van der Waals surface area contributed by atoms with Crippen molar-refractivity contribution in [2.75, 3.05) is 5.75 Å². The summed E-state index contributed by atoms with van der Waals surface area (Å²) in [4.78, 5) is 59.8. The summed E-state index contributed by atoms with van der Waals surface area (Å²) < 4.78 is 6.85. The van der Waals surface area contributed by atoms with Gasteiger partial charge in [-0.1, -0.05) is 103 Å². The van der Waals surface area contributed by atoms with Crippen LogP contribution in [0.15, 0.2) is 106 Å². The Morgan fingerprint density at radius 1 is 0.978 bits per heavy atom. The number of esters is 1. The number of rotatable bonds is 11. The van der Waals surface area contributed by atoms with Crippen LogP contribution in [0.4, 0.5) is 0 Å². The van der Waals surface area contributed by atoms with Crippen molar-refractivity contribution in [2.45, 2.75) is 41.6 Å². The van der Waals surface area contributed by atoms with Gasteiger partial charge in [0.15, 0.2) is 10.4 Å². The van der Waals surface area contributed by atoms with Crippen LogP contribution in [0.5, 0.6) is 0 Å². The van der Waals surface area contributed by atoms with Crippen molar-refractivity contribution in [3.8, 4) is 0 Å². The molecule has 4 aromatic rings. The van der Waals surface area contributed by atoms with Gasteiger partial charge in [0.25, 0.3) is 5.91 Å². The maximum absolute atomic E-state index is 14.2. The summed E-state index contributed by atoms with van der Waals surface area (Å²) in [5.41, 5.74) is 8.65. The molecule has 3 N–H and O–H groups in total. The van der Waals surface area contributed by atoms with Crippen LogP contribution in [-0.4, -0.2) is 50.7 Å². The number of benzene rings is 3. The quantitative estimate of drug-likeness (QED) is 0.173. The number of fused-ring (bicyclic) bond motifs is 1. The fourth-order valence-corrected chi connectivity index (χ4v) is 9.16. The zero-order valence-electron chi connectivity index (χ0n) is 24.8. The predicted octanol–water partition coefficient (Wildman–Crippen LogP) is 4.76. The van der Waals surface area contributed by atoms with Crippen LogP contribution in [0.25, 0.3) is 0 Å². The molecule has 3 heterocycles.